The lowest BCUT2D eigenvalue weighted by molar-refractivity contribution is -0.153. The predicted octanol–water partition coefficient (Wildman–Crippen LogP) is 6.31. The van der Waals surface area contributed by atoms with Crippen molar-refractivity contribution in [2.24, 2.45) is 0 Å². The van der Waals surface area contributed by atoms with E-state index in [0.717, 1.165) is 0 Å². The van der Waals surface area contributed by atoms with E-state index in [-0.39, 0.29) is 11.3 Å². The maximum Gasteiger partial charge on any atom is 0.422 e. The average molecular weight is 407 g/mol. The number of carboxylic acids is 1. The Bertz CT molecular complexity index is 1020. The minimum Gasteiger partial charge on any atom is -0.483 e. The molecule has 1 N–H and O–H groups in total. The van der Waals surface area contributed by atoms with Gasteiger partial charge >= 0.3 is 12.1 Å². The monoisotopic (exact) mass is 406 g/mol. The molecule has 0 unspecified atom stereocenters. The van der Waals surface area contributed by atoms with Gasteiger partial charge in [-0.1, -0.05) is 48.0 Å². The van der Waals surface area contributed by atoms with Gasteiger partial charge in [0.05, 0.1) is 5.56 Å². The van der Waals surface area contributed by atoms with Crippen molar-refractivity contribution in [3.05, 3.63) is 77.3 Å². The van der Waals surface area contributed by atoms with Crippen LogP contribution >= 0.6 is 11.6 Å². The Labute approximate surface area is 164 Å². The first-order chi connectivity index (χ1) is 13.2. The molecule has 0 spiro atoms. The summed E-state index contributed by atoms with van der Waals surface area (Å²) in [6, 6.07) is 17.6. The molecule has 0 atom stereocenters. The average Bonchev–Trinajstić information content (AvgIpc) is 2.66. The van der Waals surface area contributed by atoms with Crippen LogP contribution in [0.2, 0.25) is 5.02 Å². The van der Waals surface area contributed by atoms with Crippen LogP contribution in [0.3, 0.4) is 0 Å². The quantitative estimate of drug-likeness (QED) is 0.539. The first kappa shape index (κ1) is 19.8. The Morgan fingerprint density at radius 3 is 2.32 bits per heavy atom. The van der Waals surface area contributed by atoms with Gasteiger partial charge in [-0.15, -0.1) is 0 Å². The molecule has 0 fully saturated rings. The van der Waals surface area contributed by atoms with E-state index in [0.29, 0.717) is 27.3 Å². The molecule has 0 heterocycles. The highest BCUT2D eigenvalue weighted by atomic mass is 35.5. The van der Waals surface area contributed by atoms with Crippen LogP contribution in [0.1, 0.15) is 10.4 Å². The van der Waals surface area contributed by atoms with Crippen LogP contribution in [0.5, 0.6) is 5.75 Å². The molecule has 0 aliphatic carbocycles. The number of halogens is 4. The van der Waals surface area contributed by atoms with Gasteiger partial charge < -0.3 is 9.84 Å². The van der Waals surface area contributed by atoms with Gasteiger partial charge in [-0.05, 0) is 47.0 Å². The van der Waals surface area contributed by atoms with Gasteiger partial charge in [-0.25, -0.2) is 4.79 Å². The van der Waals surface area contributed by atoms with Gasteiger partial charge in [0, 0.05) is 10.6 Å². The number of hydrogen-bond acceptors (Lipinski definition) is 2. The SMILES string of the molecule is O=C(O)c1cccc(-c2ccccc2-c2cc(Cl)ccc2OCC(F)(F)F)c1. The van der Waals surface area contributed by atoms with Crippen LogP contribution in [0.4, 0.5) is 13.2 Å². The molecule has 0 aliphatic rings. The summed E-state index contributed by atoms with van der Waals surface area (Å²) in [6.07, 6.45) is -4.48. The van der Waals surface area contributed by atoms with Crippen LogP contribution in [0.15, 0.2) is 66.7 Å². The number of carboxylic acid groups (broad SMARTS) is 1. The second-order valence-corrected chi connectivity index (χ2v) is 6.41. The van der Waals surface area contributed by atoms with Gasteiger partial charge in [0.15, 0.2) is 6.61 Å². The van der Waals surface area contributed by atoms with Crippen LogP contribution < -0.4 is 4.74 Å². The van der Waals surface area contributed by atoms with Gasteiger partial charge in [0.2, 0.25) is 0 Å². The summed E-state index contributed by atoms with van der Waals surface area (Å²) in [5.41, 5.74) is 2.31. The maximum atomic E-state index is 12.6. The smallest absolute Gasteiger partial charge is 0.422 e. The molecule has 3 nitrogen and oxygen atoms in total. The topological polar surface area (TPSA) is 46.5 Å². The van der Waals surface area contributed by atoms with Crippen molar-refractivity contribution in [2.45, 2.75) is 6.18 Å². The van der Waals surface area contributed by atoms with Gasteiger partial charge in [-0.2, -0.15) is 13.2 Å². The third kappa shape index (κ3) is 4.64. The van der Waals surface area contributed by atoms with Crippen molar-refractivity contribution in [2.75, 3.05) is 6.61 Å². The van der Waals surface area contributed by atoms with Gasteiger partial charge in [0.1, 0.15) is 5.75 Å². The second kappa shape index (κ2) is 7.94. The van der Waals surface area contributed by atoms with Crippen LogP contribution in [0, 0.1) is 0 Å². The molecule has 0 saturated heterocycles. The fraction of sp³-hybridized carbons (Fsp3) is 0.0952. The number of carbonyl (C=O) groups is 1. The number of ether oxygens (including phenoxy) is 1. The minimum atomic E-state index is -4.48. The Kier molecular flexibility index (Phi) is 5.61. The first-order valence-corrected chi connectivity index (χ1v) is 8.54. The van der Waals surface area contributed by atoms with E-state index in [2.05, 4.69) is 0 Å². The highest BCUT2D eigenvalue weighted by Gasteiger charge is 2.29. The third-order valence-corrected chi connectivity index (χ3v) is 4.21. The maximum absolute atomic E-state index is 12.6. The fourth-order valence-corrected chi connectivity index (χ4v) is 2.96. The van der Waals surface area contributed by atoms with E-state index in [9.17, 15) is 23.1 Å². The van der Waals surface area contributed by atoms with Crippen LogP contribution in [0.25, 0.3) is 22.3 Å². The number of alkyl halides is 3. The summed E-state index contributed by atoms with van der Waals surface area (Å²) in [5.74, 6) is -1.04. The summed E-state index contributed by atoms with van der Waals surface area (Å²) in [7, 11) is 0. The molecule has 0 bridgehead atoms. The largest absolute Gasteiger partial charge is 0.483 e. The second-order valence-electron chi connectivity index (χ2n) is 5.98. The molecule has 0 aliphatic heterocycles. The molecular weight excluding hydrogens is 393 g/mol. The predicted molar refractivity (Wildman–Crippen MR) is 101 cm³/mol. The summed E-state index contributed by atoms with van der Waals surface area (Å²) in [6.45, 7) is -1.43. The van der Waals surface area contributed by atoms with Crippen molar-refractivity contribution < 1.29 is 27.8 Å². The lowest BCUT2D eigenvalue weighted by atomic mass is 9.93. The molecule has 0 saturated carbocycles. The molecule has 3 aromatic carbocycles. The van der Waals surface area contributed by atoms with Gasteiger partial charge in [0.25, 0.3) is 0 Å². The highest BCUT2D eigenvalue weighted by molar-refractivity contribution is 6.31. The summed E-state index contributed by atoms with van der Waals surface area (Å²) < 4.78 is 42.8. The Hall–Kier alpha value is -2.99. The van der Waals surface area contributed by atoms with E-state index in [4.69, 9.17) is 16.3 Å². The Morgan fingerprint density at radius 1 is 0.929 bits per heavy atom. The molecule has 144 valence electrons. The number of hydrogen-bond donors (Lipinski definition) is 1. The molecule has 0 radical (unpaired) electrons. The molecule has 3 rings (SSSR count). The minimum absolute atomic E-state index is 0.0311. The lowest BCUT2D eigenvalue weighted by Gasteiger charge is -2.16. The summed E-state index contributed by atoms with van der Waals surface area (Å²) in [5, 5.41) is 9.56. The van der Waals surface area contributed by atoms with E-state index in [1.54, 1.807) is 36.4 Å². The van der Waals surface area contributed by atoms with E-state index in [1.807, 2.05) is 0 Å². The highest BCUT2D eigenvalue weighted by Crippen LogP contribution is 2.39. The number of benzene rings is 3. The molecule has 0 amide bonds. The fourth-order valence-electron chi connectivity index (χ4n) is 2.79. The number of rotatable bonds is 5. The van der Waals surface area contributed by atoms with Crippen LogP contribution in [-0.2, 0) is 0 Å². The van der Waals surface area contributed by atoms with Crippen molar-refractivity contribution in [1.82, 2.24) is 0 Å². The molecule has 7 heteroatoms. The normalized spacial score (nSPS) is 11.3. The van der Waals surface area contributed by atoms with E-state index < -0.39 is 18.8 Å². The zero-order valence-corrected chi connectivity index (χ0v) is 15.1. The van der Waals surface area contributed by atoms with Crippen molar-refractivity contribution in [3.63, 3.8) is 0 Å². The van der Waals surface area contributed by atoms with E-state index in [1.165, 1.54) is 30.3 Å². The van der Waals surface area contributed by atoms with Crippen LogP contribution in [-0.4, -0.2) is 23.9 Å². The van der Waals surface area contributed by atoms with Crippen molar-refractivity contribution in [3.8, 4) is 28.0 Å². The number of aromatic carboxylic acids is 1. The molecule has 0 aromatic heterocycles. The molecule has 28 heavy (non-hydrogen) atoms. The standard InChI is InChI=1S/C21H14ClF3O3/c22-15-8-9-19(28-12-21(23,24)25)18(11-15)17-7-2-1-6-16(17)13-4-3-5-14(10-13)20(26)27/h1-11H,12H2,(H,26,27). The lowest BCUT2D eigenvalue weighted by Crippen LogP contribution is -2.19. The van der Waals surface area contributed by atoms with Crippen molar-refractivity contribution in [1.29, 1.82) is 0 Å². The van der Waals surface area contributed by atoms with Crippen molar-refractivity contribution >= 4 is 17.6 Å². The molecular formula is C21H14ClF3O3. The molecule has 3 aromatic rings. The summed E-state index contributed by atoms with van der Waals surface area (Å²) >= 11 is 6.07. The summed E-state index contributed by atoms with van der Waals surface area (Å²) in [4.78, 5) is 11.3. The zero-order valence-electron chi connectivity index (χ0n) is 14.3. The van der Waals surface area contributed by atoms with E-state index >= 15 is 0 Å². The zero-order chi connectivity index (χ0) is 20.3. The van der Waals surface area contributed by atoms with Gasteiger partial charge in [-0.3, -0.25) is 0 Å². The third-order valence-electron chi connectivity index (χ3n) is 3.97. The Balaban J connectivity index is 2.12. The first-order valence-electron chi connectivity index (χ1n) is 8.17. The Morgan fingerprint density at radius 2 is 1.64 bits per heavy atom.